The lowest BCUT2D eigenvalue weighted by Gasteiger charge is -2.22. The van der Waals surface area contributed by atoms with Crippen LogP contribution in [0.3, 0.4) is 0 Å². The average molecular weight is 230 g/mol. The number of hydrogen-bond acceptors (Lipinski definition) is 6. The van der Waals surface area contributed by atoms with Crippen LogP contribution in [0.1, 0.15) is 6.42 Å². The van der Waals surface area contributed by atoms with Crippen LogP contribution in [0.15, 0.2) is 12.7 Å². The van der Waals surface area contributed by atoms with E-state index in [1.807, 2.05) is 0 Å². The third-order valence-corrected chi connectivity index (χ3v) is 1.77. The summed E-state index contributed by atoms with van der Waals surface area (Å²) in [5.74, 6) is -1.06. The minimum Gasteiger partial charge on any atom is -0.462 e. The Balaban J connectivity index is 2.10. The summed E-state index contributed by atoms with van der Waals surface area (Å²) in [6.07, 6.45) is 0.361. The van der Waals surface area contributed by atoms with E-state index >= 15 is 0 Å². The molecule has 90 valence electrons. The van der Waals surface area contributed by atoms with Gasteiger partial charge in [0.1, 0.15) is 13.2 Å². The van der Waals surface area contributed by atoms with E-state index in [9.17, 15) is 9.59 Å². The molecular formula is C10H14O6. The molecular weight excluding hydrogens is 216 g/mol. The molecule has 1 fully saturated rings. The lowest BCUT2D eigenvalue weighted by molar-refractivity contribution is -0.214. The molecule has 0 radical (unpaired) electrons. The van der Waals surface area contributed by atoms with Crippen LogP contribution >= 0.6 is 0 Å². The van der Waals surface area contributed by atoms with Crippen molar-refractivity contribution < 1.29 is 28.5 Å². The Morgan fingerprint density at radius 1 is 1.44 bits per heavy atom. The van der Waals surface area contributed by atoms with Crippen molar-refractivity contribution in [2.45, 2.75) is 12.7 Å². The molecule has 0 aromatic rings. The molecule has 0 aliphatic carbocycles. The third kappa shape index (κ3) is 4.90. The molecule has 0 spiro atoms. The fourth-order valence-electron chi connectivity index (χ4n) is 1.03. The molecule has 1 rings (SSSR count). The normalized spacial score (nSPS) is 19.9. The minimum atomic E-state index is -0.656. The van der Waals surface area contributed by atoms with E-state index in [0.717, 1.165) is 6.08 Å². The molecule has 1 aliphatic heterocycles. The molecule has 1 unspecified atom stereocenters. The van der Waals surface area contributed by atoms with E-state index in [-0.39, 0.29) is 19.6 Å². The second-order valence-corrected chi connectivity index (χ2v) is 2.99. The Labute approximate surface area is 93.1 Å². The molecule has 1 saturated heterocycles. The van der Waals surface area contributed by atoms with Crippen molar-refractivity contribution in [1.29, 1.82) is 0 Å². The highest BCUT2D eigenvalue weighted by molar-refractivity contribution is 5.81. The van der Waals surface area contributed by atoms with Gasteiger partial charge in [0.2, 0.25) is 6.29 Å². The number of rotatable bonds is 5. The van der Waals surface area contributed by atoms with Crippen molar-refractivity contribution in [2.75, 3.05) is 26.4 Å². The van der Waals surface area contributed by atoms with Gasteiger partial charge in [-0.25, -0.2) is 4.79 Å². The van der Waals surface area contributed by atoms with Gasteiger partial charge in [0.05, 0.1) is 19.6 Å². The molecule has 0 aromatic heterocycles. The molecule has 0 saturated carbocycles. The Bertz CT molecular complexity index is 256. The van der Waals surface area contributed by atoms with Gasteiger partial charge >= 0.3 is 11.9 Å². The van der Waals surface area contributed by atoms with Crippen molar-refractivity contribution in [3.8, 4) is 0 Å². The van der Waals surface area contributed by atoms with Gasteiger partial charge in [0, 0.05) is 6.08 Å². The highest BCUT2D eigenvalue weighted by Gasteiger charge is 2.18. The van der Waals surface area contributed by atoms with Crippen LogP contribution in [0.25, 0.3) is 0 Å². The predicted octanol–water partition coefficient (Wildman–Crippen LogP) is 0.0218. The summed E-state index contributed by atoms with van der Waals surface area (Å²) in [4.78, 5) is 21.9. The molecule has 6 nitrogen and oxygen atoms in total. The van der Waals surface area contributed by atoms with Crippen molar-refractivity contribution in [3.63, 3.8) is 0 Å². The quantitative estimate of drug-likeness (QED) is 0.490. The minimum absolute atomic E-state index is 0.0144. The molecule has 0 bridgehead atoms. The number of hydrogen-bond donors (Lipinski definition) is 0. The molecule has 6 heteroatoms. The first-order valence-corrected chi connectivity index (χ1v) is 4.90. The van der Waals surface area contributed by atoms with Crippen LogP contribution in [0.5, 0.6) is 0 Å². The number of carbonyl (C=O) groups excluding carboxylic acids is 2. The van der Waals surface area contributed by atoms with E-state index in [0.29, 0.717) is 13.2 Å². The van der Waals surface area contributed by atoms with Gasteiger partial charge in [0.15, 0.2) is 0 Å². The first-order chi connectivity index (χ1) is 7.72. The van der Waals surface area contributed by atoms with E-state index < -0.39 is 18.2 Å². The fourth-order valence-corrected chi connectivity index (χ4v) is 1.03. The maximum absolute atomic E-state index is 11.2. The van der Waals surface area contributed by atoms with Crippen LogP contribution in [0, 0.1) is 0 Å². The van der Waals surface area contributed by atoms with Gasteiger partial charge < -0.3 is 18.9 Å². The Morgan fingerprint density at radius 2 is 2.25 bits per heavy atom. The topological polar surface area (TPSA) is 71.1 Å². The number of esters is 2. The van der Waals surface area contributed by atoms with E-state index in [1.165, 1.54) is 0 Å². The second-order valence-electron chi connectivity index (χ2n) is 2.99. The summed E-state index contributed by atoms with van der Waals surface area (Å²) in [6.45, 7) is 4.34. The standard InChI is InChI=1S/C10H14O6/c1-2-8(11)14-4-3-9(12)16-10-7-13-5-6-15-10/h2,10H,1,3-7H2. The average Bonchev–Trinajstić information content (AvgIpc) is 2.30. The van der Waals surface area contributed by atoms with Gasteiger partial charge in [0.25, 0.3) is 0 Å². The van der Waals surface area contributed by atoms with E-state index in [1.54, 1.807) is 0 Å². The first kappa shape index (κ1) is 12.7. The number of carbonyl (C=O) groups is 2. The van der Waals surface area contributed by atoms with Gasteiger partial charge in [-0.2, -0.15) is 0 Å². The maximum Gasteiger partial charge on any atom is 0.330 e. The van der Waals surface area contributed by atoms with Gasteiger partial charge in [-0.05, 0) is 0 Å². The molecule has 1 aliphatic rings. The SMILES string of the molecule is C=CC(=O)OCCC(=O)OC1COCCO1. The molecule has 0 aromatic carbocycles. The van der Waals surface area contributed by atoms with E-state index in [2.05, 4.69) is 11.3 Å². The van der Waals surface area contributed by atoms with Crippen molar-refractivity contribution >= 4 is 11.9 Å². The van der Waals surface area contributed by atoms with Gasteiger partial charge in [-0.15, -0.1) is 0 Å². The highest BCUT2D eigenvalue weighted by atomic mass is 16.7. The maximum atomic E-state index is 11.2. The van der Waals surface area contributed by atoms with Crippen molar-refractivity contribution in [2.24, 2.45) is 0 Å². The third-order valence-electron chi connectivity index (χ3n) is 1.77. The summed E-state index contributed by atoms with van der Waals surface area (Å²) < 4.78 is 19.7. The summed E-state index contributed by atoms with van der Waals surface area (Å²) in [6, 6.07) is 0. The summed E-state index contributed by atoms with van der Waals surface area (Å²) >= 11 is 0. The Hall–Kier alpha value is -1.40. The van der Waals surface area contributed by atoms with Crippen LogP contribution in [-0.4, -0.2) is 44.7 Å². The van der Waals surface area contributed by atoms with Crippen LogP contribution in [0.4, 0.5) is 0 Å². The highest BCUT2D eigenvalue weighted by Crippen LogP contribution is 2.03. The van der Waals surface area contributed by atoms with Gasteiger partial charge in [-0.3, -0.25) is 4.79 Å². The fraction of sp³-hybridized carbons (Fsp3) is 0.600. The smallest absolute Gasteiger partial charge is 0.330 e. The van der Waals surface area contributed by atoms with Crippen molar-refractivity contribution in [3.05, 3.63) is 12.7 Å². The van der Waals surface area contributed by atoms with Crippen molar-refractivity contribution in [1.82, 2.24) is 0 Å². The molecule has 1 heterocycles. The number of ether oxygens (including phenoxy) is 4. The second kappa shape index (κ2) is 6.97. The zero-order valence-corrected chi connectivity index (χ0v) is 8.85. The van der Waals surface area contributed by atoms with E-state index in [4.69, 9.17) is 14.2 Å². The lowest BCUT2D eigenvalue weighted by Crippen LogP contribution is -2.33. The molecule has 0 N–H and O–H groups in total. The summed E-state index contributed by atoms with van der Waals surface area (Å²) in [5, 5.41) is 0. The van der Waals surface area contributed by atoms with Crippen LogP contribution in [-0.2, 0) is 28.5 Å². The molecule has 16 heavy (non-hydrogen) atoms. The monoisotopic (exact) mass is 230 g/mol. The predicted molar refractivity (Wildman–Crippen MR) is 52.4 cm³/mol. The first-order valence-electron chi connectivity index (χ1n) is 4.90. The van der Waals surface area contributed by atoms with Crippen LogP contribution in [0.2, 0.25) is 0 Å². The Morgan fingerprint density at radius 3 is 2.88 bits per heavy atom. The molecule has 1 atom stereocenters. The Kier molecular flexibility index (Phi) is 5.52. The summed E-state index contributed by atoms with van der Waals surface area (Å²) in [7, 11) is 0. The zero-order valence-electron chi connectivity index (χ0n) is 8.85. The largest absolute Gasteiger partial charge is 0.462 e. The molecule has 0 amide bonds. The van der Waals surface area contributed by atoms with Gasteiger partial charge in [-0.1, -0.05) is 6.58 Å². The summed E-state index contributed by atoms with van der Waals surface area (Å²) in [5.41, 5.74) is 0. The zero-order chi connectivity index (χ0) is 11.8. The van der Waals surface area contributed by atoms with Crippen LogP contribution < -0.4 is 0 Å². The lowest BCUT2D eigenvalue weighted by atomic mass is 10.4.